The van der Waals surface area contributed by atoms with Crippen LogP contribution in [0.4, 0.5) is 0 Å². The van der Waals surface area contributed by atoms with Crippen LogP contribution in [0.2, 0.25) is 0 Å². The van der Waals surface area contributed by atoms with E-state index in [1.54, 1.807) is 6.92 Å². The molecule has 2 aliphatic rings. The van der Waals surface area contributed by atoms with Gasteiger partial charge in [0.05, 0.1) is 23.7 Å². The number of esters is 1. The van der Waals surface area contributed by atoms with Crippen LogP contribution in [-0.4, -0.2) is 87.7 Å². The van der Waals surface area contributed by atoms with Gasteiger partial charge in [0.15, 0.2) is 6.29 Å². The zero-order valence-corrected chi connectivity index (χ0v) is 24.9. The molecule has 0 spiro atoms. The number of hydrogen-bond donors (Lipinski definition) is 3. The van der Waals surface area contributed by atoms with Crippen LogP contribution < -0.4 is 0 Å². The van der Waals surface area contributed by atoms with E-state index in [1.165, 1.54) is 6.92 Å². The number of carbonyl (C=O) groups excluding carboxylic acids is 1. The molecule has 8 heteroatoms. The Labute approximate surface area is 225 Å². The quantitative estimate of drug-likeness (QED) is 0.475. The number of aliphatic hydroxyl groups excluding tert-OH is 1. The fourth-order valence-electron chi connectivity index (χ4n) is 6.65. The number of aliphatic hydroxyl groups is 3. The molecule has 0 aromatic carbocycles. The number of hydrogen-bond acceptors (Lipinski definition) is 8. The first-order chi connectivity index (χ1) is 17.0. The van der Waals surface area contributed by atoms with Crippen LogP contribution in [0.5, 0.6) is 0 Å². The van der Waals surface area contributed by atoms with Gasteiger partial charge < -0.3 is 34.4 Å². The monoisotopic (exact) mass is 529 g/mol. The summed E-state index contributed by atoms with van der Waals surface area (Å²) < 4.78 is 18.5. The molecule has 2 heterocycles. The molecule has 2 aliphatic heterocycles. The zero-order valence-electron chi connectivity index (χ0n) is 24.9. The van der Waals surface area contributed by atoms with Gasteiger partial charge in [-0.05, 0) is 85.1 Å². The van der Waals surface area contributed by atoms with Gasteiger partial charge in [-0.2, -0.15) is 0 Å². The Hall–Kier alpha value is -0.770. The minimum atomic E-state index is -1.65. The van der Waals surface area contributed by atoms with Crippen LogP contribution in [0.15, 0.2) is 0 Å². The summed E-state index contributed by atoms with van der Waals surface area (Å²) in [4.78, 5) is 15.5. The topological polar surface area (TPSA) is 109 Å². The summed E-state index contributed by atoms with van der Waals surface area (Å²) in [5.74, 6) is -0.730. The maximum Gasteiger partial charge on any atom is 0.311 e. The van der Waals surface area contributed by atoms with Crippen molar-refractivity contribution in [1.82, 2.24) is 4.90 Å². The third kappa shape index (κ3) is 8.61. The maximum absolute atomic E-state index is 13.5. The number of carbonyl (C=O) groups is 1. The summed E-state index contributed by atoms with van der Waals surface area (Å²) in [5, 5.41) is 34.0. The van der Waals surface area contributed by atoms with Gasteiger partial charge in [-0.1, -0.05) is 27.7 Å². The maximum atomic E-state index is 13.5. The van der Waals surface area contributed by atoms with E-state index in [-0.39, 0.29) is 24.0 Å². The lowest BCUT2D eigenvalue weighted by Gasteiger charge is -2.42. The largest absolute Gasteiger partial charge is 0.459 e. The highest BCUT2D eigenvalue weighted by molar-refractivity contribution is 5.73. The van der Waals surface area contributed by atoms with Gasteiger partial charge >= 0.3 is 5.97 Å². The molecule has 37 heavy (non-hydrogen) atoms. The number of nitrogens with zero attached hydrogens (tertiary/aromatic N) is 1. The second-order valence-electron chi connectivity index (χ2n) is 13.0. The number of rotatable bonds is 3. The molecule has 0 saturated carbocycles. The number of likely N-dealkylation sites (N-methyl/N-ethyl adjacent to an activating group) is 1. The van der Waals surface area contributed by atoms with Gasteiger partial charge in [0, 0.05) is 19.0 Å². The molecule has 0 radical (unpaired) electrons. The third-order valence-electron chi connectivity index (χ3n) is 8.63. The van der Waals surface area contributed by atoms with Gasteiger partial charge in [-0.25, -0.2) is 0 Å². The van der Waals surface area contributed by atoms with Gasteiger partial charge in [0.1, 0.15) is 17.8 Å². The SMILES string of the molecule is CC[C@H]1OC(=O)[C@H](C)[C@@H](O[C@H]2C[C@H](C)C[C@H](C)O2)[C@H](C)C[C@](C)(O)C[C@@H](C)CN(C)[C@H](C)[C@@H](O)[C@]1(C)O. The summed E-state index contributed by atoms with van der Waals surface area (Å²) >= 11 is 0. The van der Waals surface area contributed by atoms with E-state index in [1.807, 2.05) is 46.6 Å². The highest BCUT2D eigenvalue weighted by Gasteiger charge is 2.46. The first kappa shape index (κ1) is 32.4. The fourth-order valence-corrected chi connectivity index (χ4v) is 6.65. The Balaban J connectivity index is 2.43. The van der Waals surface area contributed by atoms with Crippen LogP contribution in [0.25, 0.3) is 0 Å². The molecule has 0 bridgehead atoms. The van der Waals surface area contributed by atoms with E-state index >= 15 is 0 Å². The Morgan fingerprint density at radius 3 is 2.22 bits per heavy atom. The summed E-state index contributed by atoms with van der Waals surface area (Å²) in [7, 11) is 1.90. The Bertz CT molecular complexity index is 719. The summed E-state index contributed by atoms with van der Waals surface area (Å²) in [5.41, 5.74) is -2.62. The van der Waals surface area contributed by atoms with Crippen LogP contribution in [-0.2, 0) is 19.0 Å². The standard InChI is InChI=1S/C29H55NO7/c1-11-23-29(9,34)26(31)22(7)30(10)16-18(3)14-28(8,33)15-19(4)25(21(6)27(32)36-23)37-24-13-17(2)12-20(5)35-24/h17-26,31,33-34H,11-16H2,1-10H3/t17-,18-,19-,20+,21-,22-,23-,24+,25+,26-,28-,29-/m1/s1. The zero-order chi connectivity index (χ0) is 28.3. The minimum absolute atomic E-state index is 0.0672. The molecule has 0 unspecified atom stereocenters. The van der Waals surface area contributed by atoms with E-state index in [0.717, 1.165) is 12.8 Å². The summed E-state index contributed by atoms with van der Waals surface area (Å²) in [6.45, 7) is 17.8. The van der Waals surface area contributed by atoms with Crippen molar-refractivity contribution in [3.63, 3.8) is 0 Å². The first-order valence-corrected chi connectivity index (χ1v) is 14.3. The number of ether oxygens (including phenoxy) is 3. The highest BCUT2D eigenvalue weighted by atomic mass is 16.7. The predicted octanol–water partition coefficient (Wildman–Crippen LogP) is 3.74. The second kappa shape index (κ2) is 13.1. The van der Waals surface area contributed by atoms with Gasteiger partial charge in [0.25, 0.3) is 0 Å². The average molecular weight is 530 g/mol. The molecule has 0 aromatic heterocycles. The van der Waals surface area contributed by atoms with Crippen molar-refractivity contribution in [2.45, 2.75) is 142 Å². The summed E-state index contributed by atoms with van der Waals surface area (Å²) in [6, 6.07) is -0.389. The molecule has 2 fully saturated rings. The molecule has 8 nitrogen and oxygen atoms in total. The highest BCUT2D eigenvalue weighted by Crippen LogP contribution is 2.35. The lowest BCUT2D eigenvalue weighted by molar-refractivity contribution is -0.241. The van der Waals surface area contributed by atoms with Crippen molar-refractivity contribution in [3.8, 4) is 0 Å². The summed E-state index contributed by atoms with van der Waals surface area (Å²) in [6.07, 6.45) is 0.118. The lowest BCUT2D eigenvalue weighted by atomic mass is 9.80. The van der Waals surface area contributed by atoms with E-state index in [0.29, 0.717) is 31.7 Å². The lowest BCUT2D eigenvalue weighted by Crippen LogP contribution is -2.59. The Morgan fingerprint density at radius 2 is 1.65 bits per heavy atom. The molecule has 3 N–H and O–H groups in total. The normalized spacial score (nSPS) is 48.1. The number of cyclic esters (lactones) is 1. The Morgan fingerprint density at radius 1 is 1.03 bits per heavy atom. The van der Waals surface area contributed by atoms with Crippen LogP contribution in [0, 0.1) is 23.7 Å². The van der Waals surface area contributed by atoms with Crippen LogP contribution >= 0.6 is 0 Å². The van der Waals surface area contributed by atoms with E-state index in [2.05, 4.69) is 13.8 Å². The molecule has 0 aliphatic carbocycles. The molecule has 0 amide bonds. The van der Waals surface area contributed by atoms with Crippen LogP contribution in [0.1, 0.15) is 94.4 Å². The third-order valence-corrected chi connectivity index (χ3v) is 8.63. The van der Waals surface area contributed by atoms with E-state index < -0.39 is 47.7 Å². The molecule has 2 saturated heterocycles. The van der Waals surface area contributed by atoms with Crippen molar-refractivity contribution >= 4 is 5.97 Å². The van der Waals surface area contributed by atoms with Gasteiger partial charge in [-0.15, -0.1) is 0 Å². The second-order valence-corrected chi connectivity index (χ2v) is 13.0. The fraction of sp³-hybridized carbons (Fsp3) is 0.966. The van der Waals surface area contributed by atoms with E-state index in [9.17, 15) is 20.1 Å². The van der Waals surface area contributed by atoms with Crippen molar-refractivity contribution in [2.75, 3.05) is 13.6 Å². The van der Waals surface area contributed by atoms with Gasteiger partial charge in [0.2, 0.25) is 0 Å². The molecule has 12 atom stereocenters. The average Bonchev–Trinajstić information content (AvgIpc) is 2.76. The minimum Gasteiger partial charge on any atom is -0.459 e. The van der Waals surface area contributed by atoms with Gasteiger partial charge in [-0.3, -0.25) is 4.79 Å². The molecular weight excluding hydrogens is 474 g/mol. The van der Waals surface area contributed by atoms with Crippen molar-refractivity contribution in [3.05, 3.63) is 0 Å². The van der Waals surface area contributed by atoms with Crippen molar-refractivity contribution < 1.29 is 34.3 Å². The molecule has 2 rings (SSSR count). The van der Waals surface area contributed by atoms with Crippen molar-refractivity contribution in [2.24, 2.45) is 23.7 Å². The Kier molecular flexibility index (Phi) is 11.4. The van der Waals surface area contributed by atoms with Crippen LogP contribution in [0.3, 0.4) is 0 Å². The predicted molar refractivity (Wildman–Crippen MR) is 144 cm³/mol. The molecule has 0 aromatic rings. The molecular formula is C29H55NO7. The van der Waals surface area contributed by atoms with Crippen molar-refractivity contribution in [1.29, 1.82) is 0 Å². The first-order valence-electron chi connectivity index (χ1n) is 14.3. The molecule has 218 valence electrons. The van der Waals surface area contributed by atoms with E-state index in [4.69, 9.17) is 14.2 Å². The smallest absolute Gasteiger partial charge is 0.311 e.